The maximum Gasteiger partial charge on any atom is 0.119 e. The molecule has 0 unspecified atom stereocenters. The summed E-state index contributed by atoms with van der Waals surface area (Å²) in [6.45, 7) is 2.64. The first-order valence-corrected chi connectivity index (χ1v) is 5.68. The highest BCUT2D eigenvalue weighted by Gasteiger charge is 1.97. The molecule has 0 saturated heterocycles. The van der Waals surface area contributed by atoms with Crippen molar-refractivity contribution in [1.29, 1.82) is 0 Å². The summed E-state index contributed by atoms with van der Waals surface area (Å²) in [5, 5.41) is 2.40. The third kappa shape index (κ3) is 2.66. The Labute approximate surface area is 102 Å². The van der Waals surface area contributed by atoms with Crippen LogP contribution in [0, 0.1) is 0 Å². The van der Waals surface area contributed by atoms with Crippen LogP contribution in [0.2, 0.25) is 0 Å². The Morgan fingerprint density at radius 2 is 1.88 bits per heavy atom. The molecular formula is C15H17NO. The molecule has 0 amide bonds. The predicted molar refractivity (Wildman–Crippen MR) is 73.2 cm³/mol. The average Bonchev–Trinajstić information content (AvgIpc) is 2.38. The van der Waals surface area contributed by atoms with Crippen molar-refractivity contribution in [2.45, 2.75) is 6.92 Å². The zero-order valence-electron chi connectivity index (χ0n) is 10.2. The molecule has 0 spiro atoms. The van der Waals surface area contributed by atoms with E-state index in [1.807, 2.05) is 19.1 Å². The minimum atomic E-state index is 0.598. The van der Waals surface area contributed by atoms with E-state index >= 15 is 0 Å². The van der Waals surface area contributed by atoms with Gasteiger partial charge in [0.2, 0.25) is 0 Å². The fraction of sp³-hybridized carbons (Fsp3) is 0.200. The fourth-order valence-electron chi connectivity index (χ4n) is 1.80. The van der Waals surface area contributed by atoms with Crippen LogP contribution in [0.3, 0.4) is 0 Å². The van der Waals surface area contributed by atoms with E-state index in [0.717, 1.165) is 5.75 Å². The summed E-state index contributed by atoms with van der Waals surface area (Å²) in [6.07, 6.45) is 2.11. The van der Waals surface area contributed by atoms with E-state index in [2.05, 4.69) is 30.3 Å². The second-order valence-corrected chi connectivity index (χ2v) is 4.17. The molecule has 0 heterocycles. The molecule has 0 aliphatic rings. The Balaban J connectivity index is 2.45. The molecule has 2 nitrogen and oxygen atoms in total. The largest absolute Gasteiger partial charge is 0.497 e. The number of hydrogen-bond donors (Lipinski definition) is 1. The van der Waals surface area contributed by atoms with Crippen molar-refractivity contribution in [3.63, 3.8) is 0 Å². The van der Waals surface area contributed by atoms with E-state index in [4.69, 9.17) is 10.5 Å². The third-order valence-corrected chi connectivity index (χ3v) is 2.81. The summed E-state index contributed by atoms with van der Waals surface area (Å²) in [5.41, 5.74) is 7.95. The Kier molecular flexibility index (Phi) is 3.45. The molecule has 0 aliphatic heterocycles. The van der Waals surface area contributed by atoms with Crippen LogP contribution >= 0.6 is 0 Å². The highest BCUT2D eigenvalue weighted by atomic mass is 16.5. The van der Waals surface area contributed by atoms with Gasteiger partial charge >= 0.3 is 0 Å². The lowest BCUT2D eigenvalue weighted by Gasteiger charge is -2.04. The van der Waals surface area contributed by atoms with E-state index in [0.29, 0.717) is 6.54 Å². The molecule has 0 aromatic heterocycles. The second-order valence-electron chi connectivity index (χ2n) is 4.17. The van der Waals surface area contributed by atoms with Crippen molar-refractivity contribution < 1.29 is 4.74 Å². The number of fused-ring (bicyclic) bond motifs is 1. The van der Waals surface area contributed by atoms with Crippen LogP contribution in [0.25, 0.3) is 16.8 Å². The molecule has 2 heteroatoms. The molecule has 17 heavy (non-hydrogen) atoms. The van der Waals surface area contributed by atoms with E-state index in [1.165, 1.54) is 21.9 Å². The monoisotopic (exact) mass is 227 g/mol. The van der Waals surface area contributed by atoms with E-state index in [9.17, 15) is 0 Å². The summed E-state index contributed by atoms with van der Waals surface area (Å²) in [6, 6.07) is 12.5. The third-order valence-electron chi connectivity index (χ3n) is 2.81. The summed E-state index contributed by atoms with van der Waals surface area (Å²) >= 11 is 0. The average molecular weight is 227 g/mol. The number of methoxy groups -OCH3 is 1. The first-order valence-electron chi connectivity index (χ1n) is 5.68. The summed E-state index contributed by atoms with van der Waals surface area (Å²) in [7, 11) is 1.68. The zero-order chi connectivity index (χ0) is 12.3. The number of benzene rings is 2. The number of nitrogens with two attached hydrogens (primary N) is 1. The van der Waals surface area contributed by atoms with Crippen LogP contribution in [0.1, 0.15) is 12.5 Å². The fourth-order valence-corrected chi connectivity index (χ4v) is 1.80. The standard InChI is InChI=1S/C15H17NO/c1-11(10-16)7-12-3-4-14-9-15(17-2)6-5-13(14)8-12/h3-9H,10,16H2,1-2H3. The lowest BCUT2D eigenvalue weighted by molar-refractivity contribution is 0.415. The SMILES string of the molecule is COc1ccc2cc(C=C(C)CN)ccc2c1. The van der Waals surface area contributed by atoms with Crippen LogP contribution in [-0.4, -0.2) is 13.7 Å². The Morgan fingerprint density at radius 3 is 2.59 bits per heavy atom. The molecule has 2 rings (SSSR count). The molecular weight excluding hydrogens is 210 g/mol. The number of ether oxygens (including phenoxy) is 1. The van der Waals surface area contributed by atoms with Gasteiger partial charge in [0, 0.05) is 6.54 Å². The quantitative estimate of drug-likeness (QED) is 0.873. The summed E-state index contributed by atoms with van der Waals surface area (Å²) in [5.74, 6) is 0.888. The van der Waals surface area contributed by atoms with Crippen molar-refractivity contribution in [3.05, 3.63) is 47.5 Å². The molecule has 0 atom stereocenters. The van der Waals surface area contributed by atoms with Gasteiger partial charge < -0.3 is 10.5 Å². The van der Waals surface area contributed by atoms with Gasteiger partial charge in [-0.15, -0.1) is 0 Å². The smallest absolute Gasteiger partial charge is 0.119 e. The van der Waals surface area contributed by atoms with Gasteiger partial charge in [0.05, 0.1) is 7.11 Å². The van der Waals surface area contributed by atoms with E-state index < -0.39 is 0 Å². The molecule has 0 aliphatic carbocycles. The van der Waals surface area contributed by atoms with Crippen molar-refractivity contribution in [3.8, 4) is 5.75 Å². The van der Waals surface area contributed by atoms with Crippen LogP contribution in [0.4, 0.5) is 0 Å². The Morgan fingerprint density at radius 1 is 1.18 bits per heavy atom. The molecule has 0 saturated carbocycles. The molecule has 88 valence electrons. The number of hydrogen-bond acceptors (Lipinski definition) is 2. The Hall–Kier alpha value is -1.80. The van der Waals surface area contributed by atoms with Crippen LogP contribution in [0.15, 0.2) is 42.0 Å². The minimum absolute atomic E-state index is 0.598. The van der Waals surface area contributed by atoms with Crippen LogP contribution in [0.5, 0.6) is 5.75 Å². The van der Waals surface area contributed by atoms with Gasteiger partial charge in [-0.1, -0.05) is 29.8 Å². The van der Waals surface area contributed by atoms with Crippen molar-refractivity contribution in [2.75, 3.05) is 13.7 Å². The van der Waals surface area contributed by atoms with Gasteiger partial charge in [0.15, 0.2) is 0 Å². The van der Waals surface area contributed by atoms with Crippen molar-refractivity contribution in [2.24, 2.45) is 5.73 Å². The lowest BCUT2D eigenvalue weighted by atomic mass is 10.1. The topological polar surface area (TPSA) is 35.2 Å². The van der Waals surface area contributed by atoms with E-state index in [1.54, 1.807) is 7.11 Å². The highest BCUT2D eigenvalue weighted by Crippen LogP contribution is 2.22. The lowest BCUT2D eigenvalue weighted by Crippen LogP contribution is -1.99. The summed E-state index contributed by atoms with van der Waals surface area (Å²) < 4.78 is 5.21. The van der Waals surface area contributed by atoms with Crippen LogP contribution in [-0.2, 0) is 0 Å². The summed E-state index contributed by atoms with van der Waals surface area (Å²) in [4.78, 5) is 0. The van der Waals surface area contributed by atoms with Gasteiger partial charge in [-0.2, -0.15) is 0 Å². The predicted octanol–water partition coefficient (Wildman–Crippen LogP) is 3.21. The Bertz CT molecular complexity index is 558. The van der Waals surface area contributed by atoms with Crippen molar-refractivity contribution in [1.82, 2.24) is 0 Å². The van der Waals surface area contributed by atoms with Gasteiger partial charge in [0.1, 0.15) is 5.75 Å². The second kappa shape index (κ2) is 5.02. The zero-order valence-corrected chi connectivity index (χ0v) is 10.2. The normalized spacial score (nSPS) is 11.8. The molecule has 2 aromatic rings. The van der Waals surface area contributed by atoms with Gasteiger partial charge in [-0.05, 0) is 41.5 Å². The van der Waals surface area contributed by atoms with Gasteiger partial charge in [-0.25, -0.2) is 0 Å². The number of rotatable bonds is 3. The minimum Gasteiger partial charge on any atom is -0.497 e. The maximum absolute atomic E-state index is 5.59. The molecule has 0 radical (unpaired) electrons. The van der Waals surface area contributed by atoms with Crippen LogP contribution < -0.4 is 10.5 Å². The first kappa shape index (κ1) is 11.7. The maximum atomic E-state index is 5.59. The molecule has 0 fully saturated rings. The molecule has 2 N–H and O–H groups in total. The van der Waals surface area contributed by atoms with Crippen molar-refractivity contribution >= 4 is 16.8 Å². The highest BCUT2D eigenvalue weighted by molar-refractivity contribution is 5.86. The molecule has 0 bridgehead atoms. The van der Waals surface area contributed by atoms with E-state index in [-0.39, 0.29) is 0 Å². The van der Waals surface area contributed by atoms with Gasteiger partial charge in [-0.3, -0.25) is 0 Å². The first-order chi connectivity index (χ1) is 8.22. The van der Waals surface area contributed by atoms with Gasteiger partial charge in [0.25, 0.3) is 0 Å². The molecule has 2 aromatic carbocycles.